The van der Waals surface area contributed by atoms with Gasteiger partial charge in [-0.15, -0.1) is 0 Å². The highest BCUT2D eigenvalue weighted by atomic mass is 16.6. The molecular weight excluding hydrogens is 316 g/mol. The molecule has 1 aromatic carbocycles. The minimum absolute atomic E-state index is 0.00711. The first kappa shape index (κ1) is 21.1. The standard InChI is InChI=1S/C20H32N2O3/c1-3-5-7-9-11-13-20(23)21-18-15-14-17(12-10-8-6-4-2)16-19(18)22(24)25/h14-16H,3-13H2,1-2H3,(H,21,23). The second kappa shape index (κ2) is 12.5. The molecule has 0 saturated heterocycles. The lowest BCUT2D eigenvalue weighted by Gasteiger charge is -2.08. The zero-order chi connectivity index (χ0) is 18.5. The van der Waals surface area contributed by atoms with Crippen LogP contribution in [-0.4, -0.2) is 10.8 Å². The lowest BCUT2D eigenvalue weighted by molar-refractivity contribution is -0.384. The highest BCUT2D eigenvalue weighted by Crippen LogP contribution is 2.26. The molecule has 5 nitrogen and oxygen atoms in total. The number of hydrogen-bond donors (Lipinski definition) is 1. The van der Waals surface area contributed by atoms with Gasteiger partial charge in [-0.2, -0.15) is 0 Å². The van der Waals surface area contributed by atoms with Crippen molar-refractivity contribution >= 4 is 17.3 Å². The zero-order valence-corrected chi connectivity index (χ0v) is 15.7. The molecule has 0 spiro atoms. The molecule has 0 bridgehead atoms. The number of nitro groups is 1. The van der Waals surface area contributed by atoms with Crippen molar-refractivity contribution in [3.8, 4) is 0 Å². The zero-order valence-electron chi connectivity index (χ0n) is 15.7. The second-order valence-electron chi connectivity index (χ2n) is 6.63. The number of nitro benzene ring substituents is 1. The molecule has 0 aliphatic carbocycles. The molecule has 0 aliphatic rings. The van der Waals surface area contributed by atoms with Gasteiger partial charge in [0.15, 0.2) is 0 Å². The van der Waals surface area contributed by atoms with Crippen molar-refractivity contribution in [2.75, 3.05) is 5.32 Å². The van der Waals surface area contributed by atoms with Gasteiger partial charge in [0.1, 0.15) is 5.69 Å². The van der Waals surface area contributed by atoms with E-state index >= 15 is 0 Å². The summed E-state index contributed by atoms with van der Waals surface area (Å²) in [7, 11) is 0. The summed E-state index contributed by atoms with van der Waals surface area (Å²) < 4.78 is 0. The van der Waals surface area contributed by atoms with Gasteiger partial charge >= 0.3 is 0 Å². The Bertz CT molecular complexity index is 544. The monoisotopic (exact) mass is 348 g/mol. The number of hydrogen-bond acceptors (Lipinski definition) is 3. The van der Waals surface area contributed by atoms with Gasteiger partial charge in [0.05, 0.1) is 4.92 Å². The highest BCUT2D eigenvalue weighted by molar-refractivity contribution is 5.93. The maximum Gasteiger partial charge on any atom is 0.293 e. The van der Waals surface area contributed by atoms with Crippen LogP contribution in [0.25, 0.3) is 0 Å². The summed E-state index contributed by atoms with van der Waals surface area (Å²) in [5.74, 6) is -0.143. The van der Waals surface area contributed by atoms with E-state index in [0.717, 1.165) is 44.1 Å². The third-order valence-electron chi connectivity index (χ3n) is 4.36. The first-order chi connectivity index (χ1) is 12.1. The molecule has 0 radical (unpaired) electrons. The predicted octanol–water partition coefficient (Wildman–Crippen LogP) is 6.02. The topological polar surface area (TPSA) is 72.2 Å². The number of aryl methyl sites for hydroxylation is 1. The first-order valence-corrected chi connectivity index (χ1v) is 9.65. The molecule has 0 heterocycles. The Kier molecular flexibility index (Phi) is 10.5. The first-order valence-electron chi connectivity index (χ1n) is 9.65. The van der Waals surface area contributed by atoms with Crippen molar-refractivity contribution in [3.63, 3.8) is 0 Å². The number of benzene rings is 1. The van der Waals surface area contributed by atoms with Crippen LogP contribution in [-0.2, 0) is 11.2 Å². The average molecular weight is 348 g/mol. The Morgan fingerprint density at radius 2 is 1.64 bits per heavy atom. The van der Waals surface area contributed by atoms with Crippen LogP contribution in [0, 0.1) is 10.1 Å². The van der Waals surface area contributed by atoms with Crippen LogP contribution < -0.4 is 5.32 Å². The van der Waals surface area contributed by atoms with Crippen molar-refractivity contribution in [3.05, 3.63) is 33.9 Å². The molecule has 0 fully saturated rings. The third kappa shape index (κ3) is 8.66. The summed E-state index contributed by atoms with van der Waals surface area (Å²) in [6.45, 7) is 4.31. The van der Waals surface area contributed by atoms with Crippen LogP contribution in [0.5, 0.6) is 0 Å². The quantitative estimate of drug-likeness (QED) is 0.269. The molecule has 0 saturated carbocycles. The van der Waals surface area contributed by atoms with E-state index in [4.69, 9.17) is 0 Å². The smallest absolute Gasteiger partial charge is 0.293 e. The summed E-state index contributed by atoms with van der Waals surface area (Å²) in [4.78, 5) is 22.9. The molecule has 1 amide bonds. The fourth-order valence-corrected chi connectivity index (χ4v) is 2.85. The van der Waals surface area contributed by atoms with Crippen LogP contribution in [0.2, 0.25) is 0 Å². The summed E-state index contributed by atoms with van der Waals surface area (Å²) in [6.07, 6.45) is 11.1. The van der Waals surface area contributed by atoms with E-state index in [1.54, 1.807) is 12.1 Å². The fraction of sp³-hybridized carbons (Fsp3) is 0.650. The van der Waals surface area contributed by atoms with Crippen molar-refractivity contribution in [2.24, 2.45) is 0 Å². The number of carbonyl (C=O) groups is 1. The SMILES string of the molecule is CCCCCCCC(=O)Nc1ccc(CCCCCC)cc1[N+](=O)[O-]. The molecule has 1 rings (SSSR count). The predicted molar refractivity (Wildman–Crippen MR) is 103 cm³/mol. The average Bonchev–Trinajstić information content (AvgIpc) is 2.59. The maximum atomic E-state index is 12.0. The van der Waals surface area contributed by atoms with Crippen LogP contribution in [0.1, 0.15) is 83.6 Å². The number of nitrogens with one attached hydrogen (secondary N) is 1. The van der Waals surface area contributed by atoms with E-state index < -0.39 is 4.92 Å². The molecule has 25 heavy (non-hydrogen) atoms. The van der Waals surface area contributed by atoms with E-state index in [1.165, 1.54) is 25.7 Å². The van der Waals surface area contributed by atoms with Gasteiger partial charge in [-0.05, 0) is 30.9 Å². The number of unbranched alkanes of at least 4 members (excludes halogenated alkanes) is 7. The van der Waals surface area contributed by atoms with Gasteiger partial charge in [-0.25, -0.2) is 0 Å². The summed E-state index contributed by atoms with van der Waals surface area (Å²) in [6, 6.07) is 5.15. The van der Waals surface area contributed by atoms with Crippen molar-refractivity contribution in [1.82, 2.24) is 0 Å². The Hall–Kier alpha value is -1.91. The van der Waals surface area contributed by atoms with Crippen molar-refractivity contribution in [1.29, 1.82) is 0 Å². The number of anilines is 1. The molecule has 0 aliphatic heterocycles. The largest absolute Gasteiger partial charge is 0.320 e. The summed E-state index contributed by atoms with van der Waals surface area (Å²) in [5, 5.41) is 14.0. The van der Waals surface area contributed by atoms with Crippen LogP contribution in [0.4, 0.5) is 11.4 Å². The molecule has 5 heteroatoms. The van der Waals surface area contributed by atoms with Gasteiger partial charge < -0.3 is 5.32 Å². The maximum absolute atomic E-state index is 12.0. The van der Waals surface area contributed by atoms with Gasteiger partial charge in [0.2, 0.25) is 5.91 Å². The Balaban J connectivity index is 2.57. The third-order valence-corrected chi connectivity index (χ3v) is 4.36. The molecule has 1 N–H and O–H groups in total. The van der Waals surface area contributed by atoms with Gasteiger partial charge in [0, 0.05) is 12.5 Å². The molecule has 0 atom stereocenters. The molecule has 140 valence electrons. The van der Waals surface area contributed by atoms with Crippen LogP contribution >= 0.6 is 0 Å². The lowest BCUT2D eigenvalue weighted by atomic mass is 10.0. The van der Waals surface area contributed by atoms with E-state index in [1.807, 2.05) is 6.07 Å². The Morgan fingerprint density at radius 3 is 2.28 bits per heavy atom. The lowest BCUT2D eigenvalue weighted by Crippen LogP contribution is -2.12. The van der Waals surface area contributed by atoms with E-state index in [-0.39, 0.29) is 11.6 Å². The summed E-state index contributed by atoms with van der Waals surface area (Å²) in [5.41, 5.74) is 1.26. The normalized spacial score (nSPS) is 10.6. The van der Waals surface area contributed by atoms with Crippen molar-refractivity contribution in [2.45, 2.75) is 84.5 Å². The number of amides is 1. The molecule has 0 unspecified atom stereocenters. The van der Waals surface area contributed by atoms with E-state index in [2.05, 4.69) is 19.2 Å². The fourth-order valence-electron chi connectivity index (χ4n) is 2.85. The van der Waals surface area contributed by atoms with Gasteiger partial charge in [0.25, 0.3) is 5.69 Å². The number of carbonyl (C=O) groups excluding carboxylic acids is 1. The van der Waals surface area contributed by atoms with Crippen molar-refractivity contribution < 1.29 is 9.72 Å². The Morgan fingerprint density at radius 1 is 1.00 bits per heavy atom. The number of rotatable bonds is 13. The highest BCUT2D eigenvalue weighted by Gasteiger charge is 2.16. The minimum atomic E-state index is -0.410. The summed E-state index contributed by atoms with van der Waals surface area (Å²) >= 11 is 0. The van der Waals surface area contributed by atoms with Gasteiger partial charge in [-0.1, -0.05) is 64.9 Å². The van der Waals surface area contributed by atoms with Crippen LogP contribution in [0.3, 0.4) is 0 Å². The molecule has 0 aromatic heterocycles. The van der Waals surface area contributed by atoms with E-state index in [9.17, 15) is 14.9 Å². The van der Waals surface area contributed by atoms with Crippen LogP contribution in [0.15, 0.2) is 18.2 Å². The Labute approximate surface area is 151 Å². The van der Waals surface area contributed by atoms with E-state index in [0.29, 0.717) is 12.1 Å². The minimum Gasteiger partial charge on any atom is -0.320 e. The van der Waals surface area contributed by atoms with Gasteiger partial charge in [-0.3, -0.25) is 14.9 Å². The molecule has 1 aromatic rings. The molecular formula is C20H32N2O3. The second-order valence-corrected chi connectivity index (χ2v) is 6.63. The number of nitrogens with zero attached hydrogens (tertiary/aromatic N) is 1.